The van der Waals surface area contributed by atoms with Crippen LogP contribution in [0.5, 0.6) is 5.75 Å². The van der Waals surface area contributed by atoms with E-state index >= 15 is 0 Å². The molecule has 0 amide bonds. The third kappa shape index (κ3) is 5.27. The Kier molecular flexibility index (Phi) is 6.03. The fraction of sp³-hybridized carbons (Fsp3) is 0.385. The van der Waals surface area contributed by atoms with Gasteiger partial charge in [0.1, 0.15) is 5.75 Å². The third-order valence-corrected chi connectivity index (χ3v) is 3.00. The van der Waals surface area contributed by atoms with Gasteiger partial charge in [0, 0.05) is 5.33 Å². The zero-order valence-corrected chi connectivity index (χ0v) is 12.5. The Hall–Kier alpha value is -1.75. The van der Waals surface area contributed by atoms with Crippen LogP contribution in [0, 0.1) is 11.3 Å². The summed E-state index contributed by atoms with van der Waals surface area (Å²) in [6.07, 6.45) is -5.11. The number of carbonyl (C=O) groups excluding carboxylic acids is 1. The Morgan fingerprint density at radius 1 is 1.43 bits per heavy atom. The van der Waals surface area contributed by atoms with Crippen LogP contribution < -0.4 is 4.74 Å². The Morgan fingerprint density at radius 3 is 2.57 bits per heavy atom. The SMILES string of the molecule is CCOC(=O)Cc1cc(OC(F)(F)F)cc(C#N)c1CBr. The summed E-state index contributed by atoms with van der Waals surface area (Å²) >= 11 is 3.15. The molecule has 0 bridgehead atoms. The first-order valence-electron chi connectivity index (χ1n) is 5.84. The van der Waals surface area contributed by atoms with Crippen LogP contribution in [0.25, 0.3) is 0 Å². The van der Waals surface area contributed by atoms with Crippen LogP contribution in [0.15, 0.2) is 12.1 Å². The number of esters is 1. The number of nitrogens with zero attached hydrogens (tertiary/aromatic N) is 1. The minimum Gasteiger partial charge on any atom is -0.466 e. The maximum absolute atomic E-state index is 12.3. The van der Waals surface area contributed by atoms with E-state index in [-0.39, 0.29) is 29.5 Å². The molecule has 0 N–H and O–H groups in total. The third-order valence-electron chi connectivity index (χ3n) is 2.44. The van der Waals surface area contributed by atoms with Crippen LogP contribution in [0.3, 0.4) is 0 Å². The predicted octanol–water partition coefficient (Wildman–Crippen LogP) is 3.46. The normalized spacial score (nSPS) is 10.9. The first kappa shape index (κ1) is 17.3. The molecule has 0 saturated carbocycles. The smallest absolute Gasteiger partial charge is 0.466 e. The Bertz CT molecular complexity index is 567. The summed E-state index contributed by atoms with van der Waals surface area (Å²) in [5.74, 6) is -1.13. The van der Waals surface area contributed by atoms with Gasteiger partial charge >= 0.3 is 12.3 Å². The molecule has 0 heterocycles. The lowest BCUT2D eigenvalue weighted by Gasteiger charge is -2.14. The summed E-state index contributed by atoms with van der Waals surface area (Å²) in [5.41, 5.74) is 0.691. The van der Waals surface area contributed by atoms with E-state index in [1.54, 1.807) is 13.0 Å². The lowest BCUT2D eigenvalue weighted by molar-refractivity contribution is -0.274. The Labute approximate surface area is 127 Å². The second kappa shape index (κ2) is 7.31. The molecule has 4 nitrogen and oxygen atoms in total. The summed E-state index contributed by atoms with van der Waals surface area (Å²) in [5, 5.41) is 9.23. The van der Waals surface area contributed by atoms with Crippen LogP contribution >= 0.6 is 15.9 Å². The molecule has 0 unspecified atom stereocenters. The molecule has 0 spiro atoms. The number of nitriles is 1. The van der Waals surface area contributed by atoms with E-state index in [9.17, 15) is 18.0 Å². The molecule has 0 aliphatic rings. The number of ether oxygens (including phenoxy) is 2. The Morgan fingerprint density at radius 2 is 2.10 bits per heavy atom. The van der Waals surface area contributed by atoms with Crippen molar-refractivity contribution in [2.24, 2.45) is 0 Å². The van der Waals surface area contributed by atoms with Crippen LogP contribution in [0.4, 0.5) is 13.2 Å². The van der Waals surface area contributed by atoms with Gasteiger partial charge in [0.05, 0.1) is 24.7 Å². The van der Waals surface area contributed by atoms with Crippen molar-refractivity contribution in [2.75, 3.05) is 6.61 Å². The van der Waals surface area contributed by atoms with Gasteiger partial charge in [-0.1, -0.05) is 15.9 Å². The van der Waals surface area contributed by atoms with E-state index in [0.29, 0.717) is 5.56 Å². The van der Waals surface area contributed by atoms with E-state index in [1.165, 1.54) is 0 Å². The molecule has 1 rings (SSSR count). The van der Waals surface area contributed by atoms with E-state index < -0.39 is 18.1 Å². The molecule has 0 atom stereocenters. The number of rotatable bonds is 5. The molecular formula is C13H11BrF3NO3. The average molecular weight is 366 g/mol. The van der Waals surface area contributed by atoms with Gasteiger partial charge in [-0.2, -0.15) is 5.26 Å². The lowest BCUT2D eigenvalue weighted by atomic mass is 10.00. The van der Waals surface area contributed by atoms with Crippen molar-refractivity contribution in [1.82, 2.24) is 0 Å². The first-order valence-corrected chi connectivity index (χ1v) is 6.96. The van der Waals surface area contributed by atoms with Gasteiger partial charge in [-0.25, -0.2) is 0 Å². The molecule has 1 aromatic carbocycles. The zero-order valence-electron chi connectivity index (χ0n) is 11.0. The topological polar surface area (TPSA) is 59.3 Å². The molecular weight excluding hydrogens is 355 g/mol. The van der Waals surface area contributed by atoms with Crippen molar-refractivity contribution >= 4 is 21.9 Å². The number of alkyl halides is 4. The largest absolute Gasteiger partial charge is 0.573 e. The first-order chi connectivity index (χ1) is 9.80. The monoisotopic (exact) mass is 365 g/mol. The van der Waals surface area contributed by atoms with Crippen molar-refractivity contribution < 1.29 is 27.4 Å². The molecule has 114 valence electrons. The molecule has 0 aromatic heterocycles. The summed E-state index contributed by atoms with van der Waals surface area (Å²) in [7, 11) is 0. The Balaban J connectivity index is 3.22. The molecule has 0 aliphatic heterocycles. The van der Waals surface area contributed by atoms with Crippen LogP contribution in [0.1, 0.15) is 23.6 Å². The maximum Gasteiger partial charge on any atom is 0.573 e. The number of carbonyl (C=O) groups is 1. The molecule has 1 aromatic rings. The van der Waals surface area contributed by atoms with E-state index in [1.807, 2.05) is 0 Å². The summed E-state index contributed by atoms with van der Waals surface area (Å²) in [6, 6.07) is 3.86. The molecule has 21 heavy (non-hydrogen) atoms. The number of hydrogen-bond donors (Lipinski definition) is 0. The molecule has 0 aliphatic carbocycles. The minimum absolute atomic E-state index is 0.00734. The number of benzene rings is 1. The van der Waals surface area contributed by atoms with Crippen molar-refractivity contribution in [3.8, 4) is 11.8 Å². The van der Waals surface area contributed by atoms with E-state index in [0.717, 1.165) is 12.1 Å². The summed E-state index contributed by atoms with van der Waals surface area (Å²) in [4.78, 5) is 11.5. The van der Waals surface area contributed by atoms with Crippen molar-refractivity contribution in [3.05, 3.63) is 28.8 Å². The number of hydrogen-bond acceptors (Lipinski definition) is 4. The molecule has 0 fully saturated rings. The molecule has 8 heteroatoms. The summed E-state index contributed by atoms with van der Waals surface area (Å²) in [6.45, 7) is 1.78. The highest BCUT2D eigenvalue weighted by atomic mass is 79.9. The van der Waals surface area contributed by atoms with Crippen molar-refractivity contribution in [2.45, 2.75) is 25.0 Å². The van der Waals surface area contributed by atoms with Gasteiger partial charge < -0.3 is 9.47 Å². The zero-order chi connectivity index (χ0) is 16.0. The standard InChI is InChI=1S/C13H11BrF3NO3/c1-2-20-12(19)5-8-3-10(21-13(15,16)17)4-9(7-18)11(8)6-14/h3-4H,2,5-6H2,1H3. The lowest BCUT2D eigenvalue weighted by Crippen LogP contribution is -2.18. The second-order valence-electron chi connectivity index (χ2n) is 3.88. The second-order valence-corrected chi connectivity index (χ2v) is 4.44. The highest BCUT2D eigenvalue weighted by Gasteiger charge is 2.31. The van der Waals surface area contributed by atoms with Gasteiger partial charge in [0.25, 0.3) is 0 Å². The fourth-order valence-electron chi connectivity index (χ4n) is 1.68. The van der Waals surface area contributed by atoms with E-state index in [2.05, 4.69) is 20.7 Å². The quantitative estimate of drug-likeness (QED) is 0.592. The van der Waals surface area contributed by atoms with Crippen LogP contribution in [-0.2, 0) is 21.3 Å². The van der Waals surface area contributed by atoms with Crippen molar-refractivity contribution in [3.63, 3.8) is 0 Å². The predicted molar refractivity (Wildman–Crippen MR) is 70.8 cm³/mol. The fourth-order valence-corrected chi connectivity index (χ4v) is 2.34. The van der Waals surface area contributed by atoms with Crippen molar-refractivity contribution in [1.29, 1.82) is 5.26 Å². The van der Waals surface area contributed by atoms with Gasteiger partial charge in [0.2, 0.25) is 0 Å². The maximum atomic E-state index is 12.3. The summed E-state index contributed by atoms with van der Waals surface area (Å²) < 4.78 is 45.4. The van der Waals surface area contributed by atoms with E-state index in [4.69, 9.17) is 10.00 Å². The minimum atomic E-state index is -4.87. The van der Waals surface area contributed by atoms with Gasteiger partial charge in [0.15, 0.2) is 0 Å². The van der Waals surface area contributed by atoms with Crippen LogP contribution in [-0.4, -0.2) is 18.9 Å². The van der Waals surface area contributed by atoms with Gasteiger partial charge in [-0.3, -0.25) is 4.79 Å². The number of halogens is 4. The van der Waals surface area contributed by atoms with Gasteiger partial charge in [-0.05, 0) is 30.2 Å². The van der Waals surface area contributed by atoms with Crippen LogP contribution in [0.2, 0.25) is 0 Å². The molecule has 0 saturated heterocycles. The molecule has 0 radical (unpaired) electrons. The average Bonchev–Trinajstić information content (AvgIpc) is 2.36. The highest BCUT2D eigenvalue weighted by Crippen LogP contribution is 2.29. The highest BCUT2D eigenvalue weighted by molar-refractivity contribution is 9.08. The van der Waals surface area contributed by atoms with Gasteiger partial charge in [-0.15, -0.1) is 13.2 Å².